The molecule has 0 atom stereocenters. The highest BCUT2D eigenvalue weighted by Crippen LogP contribution is 2.53. The van der Waals surface area contributed by atoms with Crippen LogP contribution in [0.25, 0.3) is 66.8 Å². The Hall–Kier alpha value is -5.46. The van der Waals surface area contributed by atoms with Crippen molar-refractivity contribution in [1.29, 1.82) is 0 Å². The maximum absolute atomic E-state index is 2.46. The molecule has 0 aliphatic heterocycles. The third-order valence-corrected chi connectivity index (χ3v) is 11.1. The molecule has 0 heteroatoms. The predicted octanol–water partition coefficient (Wildman–Crippen LogP) is 13.0. The summed E-state index contributed by atoms with van der Waals surface area (Å²) in [5.74, 6) is 0. The summed E-state index contributed by atoms with van der Waals surface area (Å²) in [5, 5.41) is 0. The Balaban J connectivity index is 1.14. The monoisotopic (exact) mass is 614 g/mol. The van der Waals surface area contributed by atoms with E-state index in [1.165, 1.54) is 89.0 Å². The normalized spacial score (nSPS) is 14.6. The van der Waals surface area contributed by atoms with E-state index in [4.69, 9.17) is 0 Å². The molecule has 0 radical (unpaired) electrons. The van der Waals surface area contributed by atoms with Crippen LogP contribution < -0.4 is 0 Å². The quantitative estimate of drug-likeness (QED) is 0.185. The summed E-state index contributed by atoms with van der Waals surface area (Å²) >= 11 is 0. The van der Waals surface area contributed by atoms with Crippen LogP contribution in [0.15, 0.2) is 158 Å². The van der Waals surface area contributed by atoms with Gasteiger partial charge in [0.15, 0.2) is 0 Å². The zero-order valence-corrected chi connectivity index (χ0v) is 28.0. The molecule has 0 heterocycles. The van der Waals surface area contributed by atoms with Gasteiger partial charge in [0.25, 0.3) is 0 Å². The van der Waals surface area contributed by atoms with Crippen molar-refractivity contribution in [3.63, 3.8) is 0 Å². The van der Waals surface area contributed by atoms with Crippen LogP contribution in [0.4, 0.5) is 0 Å². The van der Waals surface area contributed by atoms with Crippen molar-refractivity contribution in [2.45, 2.75) is 38.5 Å². The van der Waals surface area contributed by atoms with E-state index in [1.54, 1.807) is 0 Å². The van der Waals surface area contributed by atoms with Gasteiger partial charge in [-0.3, -0.25) is 0 Å². The van der Waals surface area contributed by atoms with Crippen LogP contribution in [-0.2, 0) is 10.8 Å². The van der Waals surface area contributed by atoms with Gasteiger partial charge in [-0.2, -0.15) is 0 Å². The first-order valence-electron chi connectivity index (χ1n) is 17.1. The van der Waals surface area contributed by atoms with Gasteiger partial charge in [0.1, 0.15) is 0 Å². The lowest BCUT2D eigenvalue weighted by molar-refractivity contribution is 0.659. The number of fused-ring (bicyclic) bond motifs is 6. The van der Waals surface area contributed by atoms with Gasteiger partial charge >= 0.3 is 0 Å². The van der Waals surface area contributed by atoms with E-state index in [2.05, 4.69) is 185 Å². The minimum Gasteiger partial charge on any atom is -0.0622 e. The van der Waals surface area contributed by atoms with E-state index in [-0.39, 0.29) is 10.8 Å². The van der Waals surface area contributed by atoms with Gasteiger partial charge < -0.3 is 0 Å². The fraction of sp³-hybridized carbons (Fsp3) is 0.125. The van der Waals surface area contributed by atoms with E-state index < -0.39 is 0 Å². The van der Waals surface area contributed by atoms with Crippen LogP contribution in [0.5, 0.6) is 0 Å². The molecule has 0 saturated heterocycles. The van der Waals surface area contributed by atoms with Crippen LogP contribution >= 0.6 is 0 Å². The summed E-state index contributed by atoms with van der Waals surface area (Å²) in [6.45, 7) is 9.51. The van der Waals surface area contributed by atoms with Crippen molar-refractivity contribution in [3.8, 4) is 66.8 Å². The Bertz CT molecular complexity index is 2370. The molecule has 0 aromatic heterocycles. The molecule has 0 bridgehead atoms. The van der Waals surface area contributed by atoms with Gasteiger partial charge in [-0.15, -0.1) is 0 Å². The van der Waals surface area contributed by atoms with Gasteiger partial charge in [0, 0.05) is 10.8 Å². The molecule has 230 valence electrons. The molecule has 0 amide bonds. The topological polar surface area (TPSA) is 0 Å². The molecular weight excluding hydrogens is 577 g/mol. The lowest BCUT2D eigenvalue weighted by Gasteiger charge is -2.24. The fourth-order valence-corrected chi connectivity index (χ4v) is 8.43. The minimum atomic E-state index is -0.132. The number of benzene rings is 7. The summed E-state index contributed by atoms with van der Waals surface area (Å²) in [5.41, 5.74) is 21.0. The minimum absolute atomic E-state index is 0.0129. The molecule has 7 aromatic rings. The third-order valence-electron chi connectivity index (χ3n) is 11.1. The fourth-order valence-electron chi connectivity index (χ4n) is 8.43. The Kier molecular flexibility index (Phi) is 6.30. The molecule has 0 nitrogen and oxygen atoms in total. The Labute approximate surface area is 284 Å². The van der Waals surface area contributed by atoms with Crippen molar-refractivity contribution >= 4 is 0 Å². The van der Waals surface area contributed by atoms with Crippen LogP contribution in [0, 0.1) is 0 Å². The molecule has 0 unspecified atom stereocenters. The standard InChI is InChI=1S/C48H38/c1-47(2)43-18-12-11-17-38(43)39-24-20-34(28-44(39)47)35-21-25-40-41-26-22-36(30-46(41)48(3,4)45(40)29-35)42-27-33(31-13-7-5-8-14-31)19-23-37(42)32-15-9-6-10-16-32/h5-30H,1-4H3. The number of rotatable bonds is 4. The van der Waals surface area contributed by atoms with Crippen molar-refractivity contribution in [1.82, 2.24) is 0 Å². The van der Waals surface area contributed by atoms with Gasteiger partial charge in [-0.1, -0.05) is 161 Å². The SMILES string of the molecule is CC1(C)c2ccccc2-c2ccc(-c3ccc4c(c3)C(C)(C)c3cc(-c5cc(-c6ccccc6)ccc5-c5ccccc5)ccc3-4)cc21. The predicted molar refractivity (Wildman–Crippen MR) is 203 cm³/mol. The van der Waals surface area contributed by atoms with Crippen molar-refractivity contribution in [3.05, 3.63) is 180 Å². The smallest absolute Gasteiger partial charge is 0.0159 e. The molecule has 9 rings (SSSR count). The Morgan fingerprint density at radius 2 is 0.646 bits per heavy atom. The summed E-state index contributed by atoms with van der Waals surface area (Å²) in [4.78, 5) is 0. The summed E-state index contributed by atoms with van der Waals surface area (Å²) in [6, 6.07) is 58.7. The summed E-state index contributed by atoms with van der Waals surface area (Å²) < 4.78 is 0. The number of hydrogen-bond acceptors (Lipinski definition) is 0. The zero-order chi connectivity index (χ0) is 32.6. The van der Waals surface area contributed by atoms with Crippen LogP contribution in [-0.4, -0.2) is 0 Å². The highest BCUT2D eigenvalue weighted by atomic mass is 14.4. The zero-order valence-electron chi connectivity index (χ0n) is 28.0. The first-order valence-corrected chi connectivity index (χ1v) is 17.1. The van der Waals surface area contributed by atoms with Crippen molar-refractivity contribution in [2.24, 2.45) is 0 Å². The van der Waals surface area contributed by atoms with Gasteiger partial charge in [-0.25, -0.2) is 0 Å². The first kappa shape index (κ1) is 28.7. The summed E-state index contributed by atoms with van der Waals surface area (Å²) in [6.07, 6.45) is 0. The molecular formula is C48H38. The van der Waals surface area contributed by atoms with Crippen molar-refractivity contribution < 1.29 is 0 Å². The molecule has 0 N–H and O–H groups in total. The Morgan fingerprint density at radius 3 is 1.23 bits per heavy atom. The Morgan fingerprint density at radius 1 is 0.250 bits per heavy atom. The number of hydrogen-bond donors (Lipinski definition) is 0. The molecule has 48 heavy (non-hydrogen) atoms. The molecule has 0 saturated carbocycles. The third kappa shape index (κ3) is 4.29. The second-order valence-corrected chi connectivity index (χ2v) is 14.6. The van der Waals surface area contributed by atoms with Crippen LogP contribution in [0.2, 0.25) is 0 Å². The van der Waals surface area contributed by atoms with E-state index >= 15 is 0 Å². The average molecular weight is 615 g/mol. The average Bonchev–Trinajstić information content (AvgIpc) is 3.50. The van der Waals surface area contributed by atoms with E-state index in [0.717, 1.165) is 0 Å². The maximum Gasteiger partial charge on any atom is 0.0159 e. The van der Waals surface area contributed by atoms with Crippen LogP contribution in [0.1, 0.15) is 49.9 Å². The van der Waals surface area contributed by atoms with E-state index in [1.807, 2.05) is 0 Å². The van der Waals surface area contributed by atoms with Gasteiger partial charge in [0.05, 0.1) is 0 Å². The van der Waals surface area contributed by atoms with Gasteiger partial charge in [0.2, 0.25) is 0 Å². The largest absolute Gasteiger partial charge is 0.0622 e. The molecule has 2 aliphatic rings. The van der Waals surface area contributed by atoms with Gasteiger partial charge in [-0.05, 0) is 113 Å². The molecule has 0 spiro atoms. The van der Waals surface area contributed by atoms with E-state index in [0.29, 0.717) is 0 Å². The molecule has 7 aromatic carbocycles. The lowest BCUT2D eigenvalue weighted by atomic mass is 9.79. The van der Waals surface area contributed by atoms with Crippen LogP contribution in [0.3, 0.4) is 0 Å². The second-order valence-electron chi connectivity index (χ2n) is 14.6. The lowest BCUT2D eigenvalue weighted by Crippen LogP contribution is -2.15. The van der Waals surface area contributed by atoms with Crippen molar-refractivity contribution in [2.75, 3.05) is 0 Å². The maximum atomic E-state index is 2.46. The second kappa shape index (κ2) is 10.5. The highest BCUT2D eigenvalue weighted by Gasteiger charge is 2.37. The summed E-state index contributed by atoms with van der Waals surface area (Å²) in [7, 11) is 0. The van der Waals surface area contributed by atoms with E-state index in [9.17, 15) is 0 Å². The first-order chi connectivity index (χ1) is 23.3. The molecule has 2 aliphatic carbocycles. The highest BCUT2D eigenvalue weighted by molar-refractivity contribution is 5.91. The molecule has 0 fully saturated rings.